The van der Waals surface area contributed by atoms with Crippen LogP contribution in [-0.4, -0.2) is 16.8 Å². The Morgan fingerprint density at radius 1 is 1.55 bits per heavy atom. The van der Waals surface area contributed by atoms with E-state index in [9.17, 15) is 4.79 Å². The van der Waals surface area contributed by atoms with E-state index < -0.39 is 0 Å². The van der Waals surface area contributed by atoms with E-state index in [2.05, 4.69) is 4.79 Å². The largest absolute Gasteiger partial charge is 0.361 e. The fourth-order valence-corrected chi connectivity index (χ4v) is 0.905. The highest BCUT2D eigenvalue weighted by Gasteiger charge is 2.09. The van der Waals surface area contributed by atoms with Gasteiger partial charge in [0.2, 0.25) is 0 Å². The fraction of sp³-hybridized carbons (Fsp3) is 0.500. The van der Waals surface area contributed by atoms with Gasteiger partial charge in [-0.3, -0.25) is 4.79 Å². The molecule has 0 bridgehead atoms. The van der Waals surface area contributed by atoms with Crippen LogP contribution in [0.1, 0.15) is 27.2 Å². The third kappa shape index (κ3) is 2.92. The molecule has 0 fully saturated rings. The zero-order valence-electron chi connectivity index (χ0n) is 7.09. The van der Waals surface area contributed by atoms with Crippen molar-refractivity contribution in [2.24, 2.45) is 0 Å². The number of allylic oxidation sites excluding steroid dienone is 2. The minimum absolute atomic E-state index is 0.213. The van der Waals surface area contributed by atoms with Gasteiger partial charge in [0.05, 0.1) is 0 Å². The maximum absolute atomic E-state index is 11.0. The summed E-state index contributed by atoms with van der Waals surface area (Å²) in [6.07, 6.45) is 1.60. The van der Waals surface area contributed by atoms with E-state index in [0.29, 0.717) is 12.0 Å². The maximum Gasteiger partial charge on any atom is 0.327 e. The van der Waals surface area contributed by atoms with Crippen molar-refractivity contribution in [2.75, 3.05) is 0 Å². The topological polar surface area (TPSA) is 53.5 Å². The maximum atomic E-state index is 11.0. The molecule has 0 spiro atoms. The standard InChI is InChI=1S/C8H12N2O/c1-4-7(6(2)3)8(11)5-10-9/h5H,4H2,1-3H3. The summed E-state index contributed by atoms with van der Waals surface area (Å²) in [6.45, 7) is 5.62. The van der Waals surface area contributed by atoms with Crippen LogP contribution in [-0.2, 0) is 4.79 Å². The molecule has 0 aliphatic rings. The second-order valence-corrected chi connectivity index (χ2v) is 2.44. The first-order valence-corrected chi connectivity index (χ1v) is 3.51. The monoisotopic (exact) mass is 152 g/mol. The number of rotatable bonds is 3. The van der Waals surface area contributed by atoms with E-state index >= 15 is 0 Å². The molecule has 0 unspecified atom stereocenters. The van der Waals surface area contributed by atoms with E-state index in [1.165, 1.54) is 0 Å². The van der Waals surface area contributed by atoms with Gasteiger partial charge in [-0.1, -0.05) is 12.5 Å². The summed E-state index contributed by atoms with van der Waals surface area (Å²) in [5.41, 5.74) is 9.77. The van der Waals surface area contributed by atoms with Gasteiger partial charge in [-0.05, 0) is 20.3 Å². The van der Waals surface area contributed by atoms with Crippen LogP contribution in [0.5, 0.6) is 0 Å². The predicted octanol–water partition coefficient (Wildman–Crippen LogP) is 1.60. The van der Waals surface area contributed by atoms with Gasteiger partial charge >= 0.3 is 6.21 Å². The molecule has 0 aromatic rings. The van der Waals surface area contributed by atoms with Crippen molar-refractivity contribution in [3.05, 3.63) is 16.7 Å². The first-order chi connectivity index (χ1) is 5.13. The van der Waals surface area contributed by atoms with Crippen molar-refractivity contribution >= 4 is 12.0 Å². The number of carbonyl (C=O) groups excluding carboxylic acids is 1. The molecule has 0 amide bonds. The Kier molecular flexibility index (Phi) is 4.08. The Bertz CT molecular complexity index is 230. The highest BCUT2D eigenvalue weighted by Crippen LogP contribution is 2.07. The van der Waals surface area contributed by atoms with E-state index in [4.69, 9.17) is 5.53 Å². The van der Waals surface area contributed by atoms with Crippen molar-refractivity contribution in [1.82, 2.24) is 0 Å². The number of ketones is 1. The number of carbonyl (C=O) groups is 1. The molecule has 0 saturated heterocycles. The minimum atomic E-state index is -0.213. The summed E-state index contributed by atoms with van der Waals surface area (Å²) in [5, 5.41) is 0. The highest BCUT2D eigenvalue weighted by molar-refractivity contribution is 6.33. The fourth-order valence-electron chi connectivity index (χ4n) is 0.905. The van der Waals surface area contributed by atoms with Crippen LogP contribution in [0, 0.1) is 0 Å². The summed E-state index contributed by atoms with van der Waals surface area (Å²) >= 11 is 0. The Hall–Kier alpha value is -1.21. The Morgan fingerprint density at radius 3 is 2.36 bits per heavy atom. The van der Waals surface area contributed by atoms with Crippen LogP contribution in [0.3, 0.4) is 0 Å². The average Bonchev–Trinajstić information content (AvgIpc) is 1.88. The summed E-state index contributed by atoms with van der Waals surface area (Å²) in [7, 11) is 0. The van der Waals surface area contributed by atoms with Crippen LogP contribution in [0.25, 0.3) is 5.53 Å². The SMILES string of the molecule is CCC(C(=O)C=[N+]=[N-])=C(C)C. The van der Waals surface area contributed by atoms with Crippen LogP contribution in [0.15, 0.2) is 11.1 Å². The van der Waals surface area contributed by atoms with Gasteiger partial charge < -0.3 is 5.53 Å². The number of Topliss-reactive ketones (excluding diaryl/α,β-unsaturated/α-hetero) is 1. The molecule has 11 heavy (non-hydrogen) atoms. The smallest absolute Gasteiger partial charge is 0.327 e. The number of hydrogen-bond acceptors (Lipinski definition) is 1. The summed E-state index contributed by atoms with van der Waals surface area (Å²) in [4.78, 5) is 13.7. The van der Waals surface area contributed by atoms with Crippen molar-refractivity contribution in [1.29, 1.82) is 0 Å². The van der Waals surface area contributed by atoms with E-state index in [0.717, 1.165) is 11.8 Å². The molecule has 0 aliphatic heterocycles. The van der Waals surface area contributed by atoms with Crippen molar-refractivity contribution < 1.29 is 9.58 Å². The molecule has 0 rings (SSSR count). The van der Waals surface area contributed by atoms with Crippen molar-refractivity contribution in [3.63, 3.8) is 0 Å². The molecule has 0 saturated carbocycles. The lowest BCUT2D eigenvalue weighted by Gasteiger charge is -1.97. The van der Waals surface area contributed by atoms with Gasteiger partial charge in [-0.25, -0.2) is 0 Å². The van der Waals surface area contributed by atoms with Gasteiger partial charge in [0.25, 0.3) is 5.78 Å². The molecule has 0 aromatic carbocycles. The molecule has 0 N–H and O–H groups in total. The van der Waals surface area contributed by atoms with Crippen molar-refractivity contribution in [2.45, 2.75) is 27.2 Å². The average molecular weight is 152 g/mol. The van der Waals surface area contributed by atoms with Gasteiger partial charge in [0, 0.05) is 5.57 Å². The quantitative estimate of drug-likeness (QED) is 0.262. The number of hydrogen-bond donors (Lipinski definition) is 0. The lowest BCUT2D eigenvalue weighted by atomic mass is 10.0. The van der Waals surface area contributed by atoms with E-state index in [1.54, 1.807) is 0 Å². The Balaban J connectivity index is 4.67. The molecule has 3 nitrogen and oxygen atoms in total. The third-order valence-electron chi connectivity index (χ3n) is 1.43. The molecule has 0 atom stereocenters. The summed E-state index contributed by atoms with van der Waals surface area (Å²) < 4.78 is 0. The molecule has 0 aliphatic carbocycles. The summed E-state index contributed by atoms with van der Waals surface area (Å²) in [5.74, 6) is -0.213. The molecule has 0 radical (unpaired) electrons. The zero-order chi connectivity index (χ0) is 8.85. The normalized spacial score (nSPS) is 8.27. The Morgan fingerprint density at radius 2 is 2.09 bits per heavy atom. The second-order valence-electron chi connectivity index (χ2n) is 2.44. The minimum Gasteiger partial charge on any atom is -0.361 e. The molecule has 3 heteroatoms. The molecular formula is C8H12N2O. The van der Waals surface area contributed by atoms with Gasteiger partial charge in [-0.2, -0.15) is 4.79 Å². The van der Waals surface area contributed by atoms with Crippen LogP contribution >= 0.6 is 0 Å². The molecule has 60 valence electrons. The zero-order valence-corrected chi connectivity index (χ0v) is 7.09. The van der Waals surface area contributed by atoms with Gasteiger partial charge in [-0.15, -0.1) is 0 Å². The lowest BCUT2D eigenvalue weighted by Crippen LogP contribution is -2.05. The summed E-state index contributed by atoms with van der Waals surface area (Å²) in [6, 6.07) is 0. The lowest BCUT2D eigenvalue weighted by molar-refractivity contribution is -0.113. The second kappa shape index (κ2) is 4.58. The van der Waals surface area contributed by atoms with Gasteiger partial charge in [0.1, 0.15) is 0 Å². The van der Waals surface area contributed by atoms with Gasteiger partial charge in [0.15, 0.2) is 0 Å². The first kappa shape index (κ1) is 9.79. The van der Waals surface area contributed by atoms with Crippen LogP contribution < -0.4 is 0 Å². The predicted molar refractivity (Wildman–Crippen MR) is 43.4 cm³/mol. The van der Waals surface area contributed by atoms with Crippen molar-refractivity contribution in [3.8, 4) is 0 Å². The van der Waals surface area contributed by atoms with E-state index in [-0.39, 0.29) is 5.78 Å². The molecular weight excluding hydrogens is 140 g/mol. The Labute approximate surface area is 66.3 Å². The third-order valence-corrected chi connectivity index (χ3v) is 1.43. The first-order valence-electron chi connectivity index (χ1n) is 3.51. The highest BCUT2D eigenvalue weighted by atomic mass is 16.1. The van der Waals surface area contributed by atoms with Crippen LogP contribution in [0.2, 0.25) is 0 Å². The molecule has 0 aromatic heterocycles. The van der Waals surface area contributed by atoms with Crippen LogP contribution in [0.4, 0.5) is 0 Å². The van der Waals surface area contributed by atoms with E-state index in [1.807, 2.05) is 20.8 Å². The molecule has 0 heterocycles. The number of nitrogens with zero attached hydrogens (tertiary/aromatic N) is 2.